The van der Waals surface area contributed by atoms with Crippen molar-refractivity contribution in [3.05, 3.63) is 182 Å². The van der Waals surface area contributed by atoms with Crippen LogP contribution in [0, 0.1) is 0 Å². The SMILES string of the molecule is c1ccc(-c2nc(-c3ccccc3)nc(-c3cccc4oc5cc(-c6cccc(-n7c8ccccc8c8ccccc87)c6)c6ccccc6c5c34)n2)cc1. The zero-order chi connectivity index (χ0) is 35.6. The summed E-state index contributed by atoms with van der Waals surface area (Å²) in [5.41, 5.74) is 10.1. The van der Waals surface area contributed by atoms with Crippen molar-refractivity contribution in [2.24, 2.45) is 0 Å². The van der Waals surface area contributed by atoms with E-state index in [1.165, 1.54) is 21.8 Å². The summed E-state index contributed by atoms with van der Waals surface area (Å²) in [5, 5.41) is 6.77. The Morgan fingerprint density at radius 1 is 0.352 bits per heavy atom. The minimum absolute atomic E-state index is 0.600. The topological polar surface area (TPSA) is 56.7 Å². The molecule has 0 aliphatic heterocycles. The Hall–Kier alpha value is -7.37. The first kappa shape index (κ1) is 30.3. The molecule has 5 nitrogen and oxygen atoms in total. The molecule has 0 saturated carbocycles. The maximum absolute atomic E-state index is 6.76. The van der Waals surface area contributed by atoms with Gasteiger partial charge in [0.1, 0.15) is 11.2 Å². The summed E-state index contributed by atoms with van der Waals surface area (Å²) in [7, 11) is 0. The van der Waals surface area contributed by atoms with Crippen molar-refractivity contribution in [2.75, 3.05) is 0 Å². The number of benzene rings is 8. The summed E-state index contributed by atoms with van der Waals surface area (Å²) in [6.07, 6.45) is 0. The molecule has 0 spiro atoms. The number of nitrogens with zero attached hydrogens (tertiary/aromatic N) is 4. The number of aromatic nitrogens is 4. The van der Waals surface area contributed by atoms with Gasteiger partial charge in [-0.3, -0.25) is 0 Å². The molecule has 0 fully saturated rings. The average molecular weight is 691 g/mol. The Morgan fingerprint density at radius 2 is 0.889 bits per heavy atom. The Morgan fingerprint density at radius 3 is 1.56 bits per heavy atom. The van der Waals surface area contributed by atoms with E-state index in [1.54, 1.807) is 0 Å². The van der Waals surface area contributed by atoms with Crippen molar-refractivity contribution in [2.45, 2.75) is 0 Å². The fourth-order valence-corrected chi connectivity index (χ4v) is 8.05. The van der Waals surface area contributed by atoms with Crippen molar-refractivity contribution >= 4 is 54.5 Å². The first-order valence-electron chi connectivity index (χ1n) is 18.1. The molecule has 3 aromatic heterocycles. The first-order chi connectivity index (χ1) is 26.8. The molecule has 3 heterocycles. The van der Waals surface area contributed by atoms with Gasteiger partial charge in [0.05, 0.1) is 11.0 Å². The lowest BCUT2D eigenvalue weighted by Gasteiger charge is -2.13. The van der Waals surface area contributed by atoms with Crippen LogP contribution in [-0.2, 0) is 0 Å². The highest BCUT2D eigenvalue weighted by Crippen LogP contribution is 2.44. The molecule has 11 rings (SSSR count). The molecular formula is C49H30N4O. The molecule has 0 radical (unpaired) electrons. The second-order valence-corrected chi connectivity index (χ2v) is 13.6. The molecule has 11 aromatic rings. The van der Waals surface area contributed by atoms with E-state index >= 15 is 0 Å². The van der Waals surface area contributed by atoms with Crippen LogP contribution in [0.2, 0.25) is 0 Å². The molecule has 0 unspecified atom stereocenters. The van der Waals surface area contributed by atoms with Gasteiger partial charge in [-0.2, -0.15) is 0 Å². The minimum atomic E-state index is 0.600. The Balaban J connectivity index is 1.14. The van der Waals surface area contributed by atoms with E-state index in [9.17, 15) is 0 Å². The molecule has 0 aliphatic rings. The van der Waals surface area contributed by atoms with Gasteiger partial charge >= 0.3 is 0 Å². The third-order valence-electron chi connectivity index (χ3n) is 10.4. The van der Waals surface area contributed by atoms with Crippen molar-refractivity contribution in [3.8, 4) is 51.0 Å². The lowest BCUT2D eigenvalue weighted by atomic mass is 9.93. The average Bonchev–Trinajstić information content (AvgIpc) is 3.80. The number of fused-ring (bicyclic) bond motifs is 8. The van der Waals surface area contributed by atoms with Gasteiger partial charge < -0.3 is 8.98 Å². The smallest absolute Gasteiger partial charge is 0.164 e. The number of para-hydroxylation sites is 2. The van der Waals surface area contributed by atoms with Gasteiger partial charge in [-0.15, -0.1) is 0 Å². The van der Waals surface area contributed by atoms with E-state index in [0.29, 0.717) is 17.5 Å². The number of hydrogen-bond donors (Lipinski definition) is 0. The van der Waals surface area contributed by atoms with Crippen LogP contribution in [0.4, 0.5) is 0 Å². The predicted molar refractivity (Wildman–Crippen MR) is 221 cm³/mol. The Bertz CT molecular complexity index is 3110. The van der Waals surface area contributed by atoms with Gasteiger partial charge in [-0.05, 0) is 58.3 Å². The van der Waals surface area contributed by atoms with Crippen LogP contribution in [0.5, 0.6) is 0 Å². The third-order valence-corrected chi connectivity index (χ3v) is 10.4. The number of rotatable bonds is 5. The summed E-state index contributed by atoms with van der Waals surface area (Å²) >= 11 is 0. The van der Waals surface area contributed by atoms with Gasteiger partial charge in [-0.25, -0.2) is 15.0 Å². The maximum Gasteiger partial charge on any atom is 0.164 e. The van der Waals surface area contributed by atoms with E-state index in [2.05, 4.69) is 114 Å². The molecule has 0 aliphatic carbocycles. The second kappa shape index (κ2) is 12.1. The highest BCUT2D eigenvalue weighted by Gasteiger charge is 2.21. The lowest BCUT2D eigenvalue weighted by Crippen LogP contribution is -2.00. The second-order valence-electron chi connectivity index (χ2n) is 13.6. The Kier molecular flexibility index (Phi) is 6.79. The van der Waals surface area contributed by atoms with E-state index in [0.717, 1.165) is 66.2 Å². The van der Waals surface area contributed by atoms with Crippen LogP contribution < -0.4 is 0 Å². The zero-order valence-corrected chi connectivity index (χ0v) is 29.0. The van der Waals surface area contributed by atoms with Gasteiger partial charge in [0.25, 0.3) is 0 Å². The molecule has 0 N–H and O–H groups in total. The highest BCUT2D eigenvalue weighted by atomic mass is 16.3. The maximum atomic E-state index is 6.76. The normalized spacial score (nSPS) is 11.7. The zero-order valence-electron chi connectivity index (χ0n) is 29.0. The van der Waals surface area contributed by atoms with E-state index in [4.69, 9.17) is 19.4 Å². The van der Waals surface area contributed by atoms with E-state index in [1.807, 2.05) is 72.8 Å². The lowest BCUT2D eigenvalue weighted by molar-refractivity contribution is 0.669. The van der Waals surface area contributed by atoms with Crippen molar-refractivity contribution in [1.29, 1.82) is 0 Å². The largest absolute Gasteiger partial charge is 0.456 e. The van der Waals surface area contributed by atoms with Crippen LogP contribution in [0.15, 0.2) is 186 Å². The monoisotopic (exact) mass is 690 g/mol. The fourth-order valence-electron chi connectivity index (χ4n) is 8.05. The summed E-state index contributed by atoms with van der Waals surface area (Å²) in [6, 6.07) is 63.2. The molecule has 8 aromatic carbocycles. The van der Waals surface area contributed by atoms with Crippen molar-refractivity contribution < 1.29 is 4.42 Å². The summed E-state index contributed by atoms with van der Waals surface area (Å²) in [5.74, 6) is 1.85. The molecule has 54 heavy (non-hydrogen) atoms. The predicted octanol–water partition coefficient (Wildman–Crippen LogP) is 12.7. The Labute approximate surface area is 310 Å². The molecule has 5 heteroatoms. The van der Waals surface area contributed by atoms with Crippen LogP contribution in [0.25, 0.3) is 105 Å². The van der Waals surface area contributed by atoms with Crippen LogP contribution >= 0.6 is 0 Å². The van der Waals surface area contributed by atoms with Crippen LogP contribution in [0.1, 0.15) is 0 Å². The van der Waals surface area contributed by atoms with Crippen molar-refractivity contribution in [3.63, 3.8) is 0 Å². The molecule has 0 bridgehead atoms. The number of hydrogen-bond acceptors (Lipinski definition) is 4. The standard InChI is InChI=1S/C49H30N4O/c1-3-15-31(16-4-1)47-50-48(32-17-5-2-6-18-32)52-49(51-47)39-25-14-28-43-46(39)45-38-24-8-7-21-35(38)40(30-44(45)54-43)33-19-13-20-34(29-33)53-41-26-11-9-22-36(41)37-23-10-12-27-42(37)53/h1-30H. The first-order valence-corrected chi connectivity index (χ1v) is 18.1. The molecule has 0 amide bonds. The van der Waals surface area contributed by atoms with Crippen molar-refractivity contribution in [1.82, 2.24) is 19.5 Å². The summed E-state index contributed by atoms with van der Waals surface area (Å²) < 4.78 is 9.12. The van der Waals surface area contributed by atoms with E-state index in [-0.39, 0.29) is 0 Å². The fraction of sp³-hybridized carbons (Fsp3) is 0. The van der Waals surface area contributed by atoms with Gasteiger partial charge in [0.2, 0.25) is 0 Å². The van der Waals surface area contributed by atoms with Gasteiger partial charge in [-0.1, -0.05) is 146 Å². The quantitative estimate of drug-likeness (QED) is 0.180. The highest BCUT2D eigenvalue weighted by molar-refractivity contribution is 6.25. The summed E-state index contributed by atoms with van der Waals surface area (Å²) in [4.78, 5) is 15.1. The third kappa shape index (κ3) is 4.76. The van der Waals surface area contributed by atoms with E-state index < -0.39 is 0 Å². The molecule has 252 valence electrons. The molecule has 0 saturated heterocycles. The van der Waals surface area contributed by atoms with Crippen LogP contribution in [0.3, 0.4) is 0 Å². The molecular weight excluding hydrogens is 661 g/mol. The van der Waals surface area contributed by atoms with Gasteiger partial charge in [0.15, 0.2) is 17.5 Å². The number of furan rings is 1. The van der Waals surface area contributed by atoms with Crippen LogP contribution in [-0.4, -0.2) is 19.5 Å². The minimum Gasteiger partial charge on any atom is -0.456 e. The van der Waals surface area contributed by atoms with Gasteiger partial charge in [0, 0.05) is 43.9 Å². The summed E-state index contributed by atoms with van der Waals surface area (Å²) in [6.45, 7) is 0. The molecule has 0 atom stereocenters.